The molecule has 31 heavy (non-hydrogen) atoms. The summed E-state index contributed by atoms with van der Waals surface area (Å²) in [5.41, 5.74) is 4.39. The van der Waals surface area contributed by atoms with Gasteiger partial charge in [0.1, 0.15) is 11.3 Å². The van der Waals surface area contributed by atoms with Crippen LogP contribution < -0.4 is 19.9 Å². The van der Waals surface area contributed by atoms with E-state index in [1.54, 1.807) is 13.2 Å². The highest BCUT2D eigenvalue weighted by molar-refractivity contribution is 7.80. The highest BCUT2D eigenvalue weighted by Crippen LogP contribution is 2.31. The summed E-state index contributed by atoms with van der Waals surface area (Å²) >= 11 is 5.33. The first-order chi connectivity index (χ1) is 14.9. The van der Waals surface area contributed by atoms with Crippen molar-refractivity contribution in [3.8, 4) is 5.75 Å². The van der Waals surface area contributed by atoms with Gasteiger partial charge in [-0.2, -0.15) is 0 Å². The van der Waals surface area contributed by atoms with Crippen molar-refractivity contribution in [2.24, 2.45) is 0 Å². The topological polar surface area (TPSA) is 61.9 Å². The molecule has 2 aromatic carbocycles. The lowest BCUT2D eigenvalue weighted by Gasteiger charge is -2.30. The van der Waals surface area contributed by atoms with Gasteiger partial charge in [-0.3, -0.25) is 19.8 Å². The molecule has 4 rings (SSSR count). The zero-order valence-electron chi connectivity index (χ0n) is 17.9. The predicted molar refractivity (Wildman–Crippen MR) is 127 cm³/mol. The van der Waals surface area contributed by atoms with Crippen LogP contribution in [0.2, 0.25) is 0 Å². The van der Waals surface area contributed by atoms with Gasteiger partial charge in [-0.05, 0) is 74.3 Å². The standard InChI is InChI=1S/C24H25N3O3S/c1-15-7-6-8-20(16(15)2)27-23(29)19(22(28)25-24(27)31)13-17-9-10-18(14-21(17)30-3)26-11-4-5-12-26/h6-10,13-14H,4-5,11-12H2,1-3H3,(H,25,28,31)/b19-13+. The van der Waals surface area contributed by atoms with Crippen molar-refractivity contribution in [3.05, 3.63) is 58.7 Å². The number of hydrogen-bond donors (Lipinski definition) is 1. The van der Waals surface area contributed by atoms with Crippen molar-refractivity contribution in [1.82, 2.24) is 5.32 Å². The first kappa shape index (κ1) is 21.1. The van der Waals surface area contributed by atoms with Crippen molar-refractivity contribution in [2.75, 3.05) is 30.0 Å². The third kappa shape index (κ3) is 3.93. The summed E-state index contributed by atoms with van der Waals surface area (Å²) in [6.07, 6.45) is 3.93. The predicted octanol–water partition coefficient (Wildman–Crippen LogP) is 3.74. The average Bonchev–Trinajstić information content (AvgIpc) is 3.29. The number of rotatable bonds is 4. The Morgan fingerprint density at radius 2 is 1.84 bits per heavy atom. The van der Waals surface area contributed by atoms with Crippen molar-refractivity contribution < 1.29 is 14.3 Å². The Hall–Kier alpha value is -3.19. The largest absolute Gasteiger partial charge is 0.496 e. The molecule has 0 bridgehead atoms. The van der Waals surface area contributed by atoms with Crippen LogP contribution in [-0.2, 0) is 9.59 Å². The number of benzene rings is 2. The van der Waals surface area contributed by atoms with E-state index >= 15 is 0 Å². The third-order valence-electron chi connectivity index (χ3n) is 5.91. The number of nitrogens with zero attached hydrogens (tertiary/aromatic N) is 2. The van der Waals surface area contributed by atoms with Gasteiger partial charge in [0.2, 0.25) is 0 Å². The number of methoxy groups -OCH3 is 1. The van der Waals surface area contributed by atoms with Crippen LogP contribution >= 0.6 is 12.2 Å². The second-order valence-corrected chi connectivity index (χ2v) is 8.18. The van der Waals surface area contributed by atoms with Gasteiger partial charge in [-0.25, -0.2) is 0 Å². The molecule has 7 heteroatoms. The van der Waals surface area contributed by atoms with Crippen molar-refractivity contribution in [1.29, 1.82) is 0 Å². The van der Waals surface area contributed by atoms with Gasteiger partial charge in [0, 0.05) is 30.4 Å². The summed E-state index contributed by atoms with van der Waals surface area (Å²) in [6, 6.07) is 11.5. The summed E-state index contributed by atoms with van der Waals surface area (Å²) in [7, 11) is 1.59. The molecular weight excluding hydrogens is 410 g/mol. The molecule has 6 nitrogen and oxygen atoms in total. The molecule has 2 aliphatic rings. The maximum absolute atomic E-state index is 13.4. The van der Waals surface area contributed by atoms with Crippen LogP contribution in [0, 0.1) is 13.8 Å². The molecule has 2 amide bonds. The number of carbonyl (C=O) groups is 2. The van der Waals surface area contributed by atoms with Crippen LogP contribution in [0.4, 0.5) is 11.4 Å². The summed E-state index contributed by atoms with van der Waals surface area (Å²) in [6.45, 7) is 5.94. The van der Waals surface area contributed by atoms with Gasteiger partial charge in [-0.1, -0.05) is 12.1 Å². The molecule has 0 radical (unpaired) electrons. The van der Waals surface area contributed by atoms with Crippen LogP contribution in [0.5, 0.6) is 5.75 Å². The number of thiocarbonyl (C=S) groups is 1. The lowest BCUT2D eigenvalue weighted by molar-refractivity contribution is -0.122. The van der Waals surface area contributed by atoms with Crippen molar-refractivity contribution >= 4 is 46.6 Å². The van der Waals surface area contributed by atoms with Crippen molar-refractivity contribution in [3.63, 3.8) is 0 Å². The second kappa shape index (κ2) is 8.51. The lowest BCUT2D eigenvalue weighted by Crippen LogP contribution is -2.54. The Balaban J connectivity index is 1.72. The highest BCUT2D eigenvalue weighted by Gasteiger charge is 2.35. The minimum atomic E-state index is -0.512. The molecule has 0 unspecified atom stereocenters. The fourth-order valence-corrected chi connectivity index (χ4v) is 4.27. The Bertz CT molecular complexity index is 1100. The minimum Gasteiger partial charge on any atom is -0.496 e. The number of ether oxygens (including phenoxy) is 1. The number of aryl methyl sites for hydroxylation is 1. The fraction of sp³-hybridized carbons (Fsp3) is 0.292. The molecule has 0 atom stereocenters. The summed E-state index contributed by atoms with van der Waals surface area (Å²) in [5, 5.41) is 2.73. The summed E-state index contributed by atoms with van der Waals surface area (Å²) in [4.78, 5) is 29.7. The van der Waals surface area contributed by atoms with Crippen LogP contribution in [-0.4, -0.2) is 37.1 Å². The molecular formula is C24H25N3O3S. The fourth-order valence-electron chi connectivity index (χ4n) is 4.00. The molecule has 2 saturated heterocycles. The Morgan fingerprint density at radius 1 is 1.10 bits per heavy atom. The minimum absolute atomic E-state index is 0.0155. The molecule has 2 fully saturated rings. The smallest absolute Gasteiger partial charge is 0.270 e. The van der Waals surface area contributed by atoms with Crippen molar-refractivity contribution in [2.45, 2.75) is 26.7 Å². The Kier molecular flexibility index (Phi) is 5.78. The lowest BCUT2D eigenvalue weighted by atomic mass is 10.0. The Morgan fingerprint density at radius 3 is 2.55 bits per heavy atom. The number of hydrogen-bond acceptors (Lipinski definition) is 5. The van der Waals surface area contributed by atoms with Crippen LogP contribution in [0.1, 0.15) is 29.5 Å². The molecule has 2 aliphatic heterocycles. The normalized spacial score (nSPS) is 18.0. The van der Waals surface area contributed by atoms with Gasteiger partial charge in [-0.15, -0.1) is 0 Å². The summed E-state index contributed by atoms with van der Waals surface area (Å²) in [5.74, 6) is -0.348. The Labute approximate surface area is 187 Å². The molecule has 0 aliphatic carbocycles. The van der Waals surface area contributed by atoms with Gasteiger partial charge in [0.25, 0.3) is 11.8 Å². The molecule has 0 aromatic heterocycles. The van der Waals surface area contributed by atoms with Crippen LogP contribution in [0.25, 0.3) is 6.08 Å². The van der Waals surface area contributed by atoms with E-state index in [0.29, 0.717) is 17.0 Å². The van der Waals surface area contributed by atoms with Gasteiger partial charge in [0.15, 0.2) is 5.11 Å². The SMILES string of the molecule is COc1cc(N2CCCC2)ccc1/C=C1\C(=O)NC(=S)N(c2cccc(C)c2C)C1=O. The molecule has 2 heterocycles. The van der Waals surface area contributed by atoms with Gasteiger partial charge < -0.3 is 9.64 Å². The maximum atomic E-state index is 13.4. The van der Waals surface area contributed by atoms with E-state index in [-0.39, 0.29) is 10.7 Å². The first-order valence-corrected chi connectivity index (χ1v) is 10.7. The molecule has 0 saturated carbocycles. The van der Waals surface area contributed by atoms with E-state index in [1.165, 1.54) is 17.7 Å². The van der Waals surface area contributed by atoms with E-state index in [0.717, 1.165) is 29.9 Å². The van der Waals surface area contributed by atoms with Crippen LogP contribution in [0.15, 0.2) is 42.0 Å². The zero-order valence-corrected chi connectivity index (χ0v) is 18.7. The molecule has 2 aromatic rings. The van der Waals surface area contributed by atoms with E-state index in [4.69, 9.17) is 17.0 Å². The van der Waals surface area contributed by atoms with E-state index in [2.05, 4.69) is 10.2 Å². The number of nitrogens with one attached hydrogen (secondary N) is 1. The molecule has 0 spiro atoms. The zero-order chi connectivity index (χ0) is 22.1. The first-order valence-electron chi connectivity index (χ1n) is 10.3. The van der Waals surface area contributed by atoms with Gasteiger partial charge >= 0.3 is 0 Å². The average molecular weight is 436 g/mol. The molecule has 1 N–H and O–H groups in total. The van der Waals surface area contributed by atoms with E-state index in [9.17, 15) is 9.59 Å². The highest BCUT2D eigenvalue weighted by atomic mass is 32.1. The van der Waals surface area contributed by atoms with Crippen LogP contribution in [0.3, 0.4) is 0 Å². The monoisotopic (exact) mass is 435 g/mol. The number of anilines is 2. The third-order valence-corrected chi connectivity index (χ3v) is 6.19. The summed E-state index contributed by atoms with van der Waals surface area (Å²) < 4.78 is 5.57. The second-order valence-electron chi connectivity index (χ2n) is 7.80. The molecule has 160 valence electrons. The quantitative estimate of drug-likeness (QED) is 0.450. The van der Waals surface area contributed by atoms with E-state index < -0.39 is 11.8 Å². The van der Waals surface area contributed by atoms with E-state index in [1.807, 2.05) is 50.2 Å². The maximum Gasteiger partial charge on any atom is 0.270 e. The number of carbonyl (C=O) groups excluding carboxylic acids is 2. The number of amides is 2. The van der Waals surface area contributed by atoms with Gasteiger partial charge in [0.05, 0.1) is 12.8 Å².